The number of hydrogen-bond acceptors (Lipinski definition) is 0. The molecular formula is H33P31. The summed E-state index contributed by atoms with van der Waals surface area (Å²) in [6.45, 7) is -0.107. The Bertz CT molecular complexity index is 409. The molecule has 0 nitrogen and oxygen atoms in total. The molecule has 0 aromatic carbocycles. The SMILES string of the molecule is PPP(P)P(P(P)P)P(P(P(P)P)P(P)P)P(P(P(P)P)P(P)P)P(P(P)P)P(P)P. The molecule has 0 spiro atoms. The van der Waals surface area contributed by atoms with Crippen molar-refractivity contribution >= 4 is 249 Å². The third-order valence-electron chi connectivity index (χ3n) is 2.57. The van der Waals surface area contributed by atoms with Crippen LogP contribution in [0.1, 0.15) is 0 Å². The van der Waals surface area contributed by atoms with Crippen LogP contribution in [0.5, 0.6) is 0 Å². The van der Waals surface area contributed by atoms with Crippen molar-refractivity contribution in [3.8, 4) is 0 Å². The quantitative estimate of drug-likeness (QED) is 0.152. The molecule has 0 rings (SSSR count). The lowest BCUT2D eigenvalue weighted by Gasteiger charge is -2.52. The zero-order valence-electron chi connectivity index (χ0n) is 16.0. The maximum Gasteiger partial charge on any atom is -0.000322 e. The fourth-order valence-electron chi connectivity index (χ4n) is 1.68. The molecule has 0 aromatic rings. The Labute approximate surface area is 245 Å². The summed E-state index contributed by atoms with van der Waals surface area (Å²) < 4.78 is 0. The second-order valence-electron chi connectivity index (χ2n) is 4.74. The minimum absolute atomic E-state index is 0.0336. The summed E-state index contributed by atoms with van der Waals surface area (Å²) in [5, 5.41) is 0. The average molecular weight is 993 g/mol. The van der Waals surface area contributed by atoms with Crippen molar-refractivity contribution in [2.45, 2.75) is 0 Å². The van der Waals surface area contributed by atoms with E-state index in [0.29, 0.717) is 0 Å². The van der Waals surface area contributed by atoms with Gasteiger partial charge in [-0.25, -0.2) is 0 Å². The van der Waals surface area contributed by atoms with E-state index in [1.807, 2.05) is 0 Å². The maximum atomic E-state index is 3.39. The van der Waals surface area contributed by atoms with Crippen LogP contribution in [0.25, 0.3) is 0 Å². The summed E-state index contributed by atoms with van der Waals surface area (Å²) in [6, 6.07) is 0. The topological polar surface area (TPSA) is 0 Å². The van der Waals surface area contributed by atoms with E-state index >= 15 is 0 Å². The minimum Gasteiger partial charge on any atom is -0.109 e. The van der Waals surface area contributed by atoms with E-state index in [-0.39, 0.29) is 97.8 Å². The molecule has 0 fully saturated rings. The highest BCUT2D eigenvalue weighted by Gasteiger charge is 2.51. The van der Waals surface area contributed by atoms with E-state index < -0.39 is 0 Å². The normalized spacial score (nSPS) is 17.1. The van der Waals surface area contributed by atoms with Gasteiger partial charge in [0, 0.05) is 0 Å². The van der Waals surface area contributed by atoms with E-state index in [1.165, 1.54) is 0 Å². The van der Waals surface area contributed by atoms with Crippen LogP contribution in [0.2, 0.25) is 0 Å². The Balaban J connectivity index is 7.23. The predicted octanol–water partition coefficient (Wildman–Crippen LogP) is 17.9. The van der Waals surface area contributed by atoms with Crippen molar-refractivity contribution in [1.82, 2.24) is 0 Å². The van der Waals surface area contributed by atoms with E-state index in [9.17, 15) is 0 Å². The summed E-state index contributed by atoms with van der Waals surface area (Å²) in [5.74, 6) is 0. The van der Waals surface area contributed by atoms with Gasteiger partial charge in [-0.3, -0.25) is 0 Å². The van der Waals surface area contributed by atoms with Crippen LogP contribution in [0.4, 0.5) is 0 Å². The molecule has 20 atom stereocenters. The molecule has 20 unspecified atom stereocenters. The van der Waals surface area contributed by atoms with Crippen LogP contribution < -0.4 is 0 Å². The summed E-state index contributed by atoms with van der Waals surface area (Å²) in [4.78, 5) is 0. The highest BCUT2D eigenvalue weighted by Crippen LogP contribution is 3.38. The van der Waals surface area contributed by atoms with Crippen molar-refractivity contribution in [3.63, 3.8) is 0 Å². The standard InChI is InChI=1S/H33P31/c1-17-25(16)29(24(14)15)31(28(22(10)11)23(12)13)30(26(18(2)3)19(4)5)27(20(6)7)21(8)9/h17H,1-16H2. The largest absolute Gasteiger partial charge is 0.109 e. The van der Waals surface area contributed by atoms with E-state index in [0.717, 1.165) is 7.96 Å². The van der Waals surface area contributed by atoms with Crippen molar-refractivity contribution in [1.29, 1.82) is 0 Å². The average Bonchev–Trinajstić information content (AvgIpc) is 2.57. The van der Waals surface area contributed by atoms with Gasteiger partial charge in [-0.2, -0.15) is 0 Å². The third kappa shape index (κ3) is 16.3. The molecule has 0 bridgehead atoms. The molecule has 0 aliphatic rings. The molecule has 0 aliphatic heterocycles. The number of rotatable bonds is 14. The fourth-order valence-corrected chi connectivity index (χ4v) is 409. The zero-order valence-corrected chi connectivity index (χ0v) is 48.0. The summed E-state index contributed by atoms with van der Waals surface area (Å²) in [6.07, 6.45) is 0. The summed E-state index contributed by atoms with van der Waals surface area (Å²) >= 11 is 0. The molecule has 0 heterocycles. The molecule has 31 heteroatoms. The molecule has 0 saturated heterocycles. The fraction of sp³-hybridized carbons (Fsp3) is 0. The predicted molar refractivity (Wildman–Crippen MR) is 261 cm³/mol. The molecular weight excluding hydrogens is 960 g/mol. The molecule has 0 N–H and O–H groups in total. The lowest BCUT2D eigenvalue weighted by Crippen LogP contribution is -1.64. The van der Waals surface area contributed by atoms with Crippen molar-refractivity contribution in [2.24, 2.45) is 0 Å². The van der Waals surface area contributed by atoms with Crippen molar-refractivity contribution < 1.29 is 0 Å². The minimum atomic E-state index is -0.0589. The van der Waals surface area contributed by atoms with Crippen molar-refractivity contribution in [3.05, 3.63) is 0 Å². The van der Waals surface area contributed by atoms with Gasteiger partial charge in [-0.05, 0) is 97.8 Å². The van der Waals surface area contributed by atoms with Crippen molar-refractivity contribution in [2.75, 3.05) is 0 Å². The summed E-state index contributed by atoms with van der Waals surface area (Å²) in [7, 11) is 53.9. The van der Waals surface area contributed by atoms with E-state index in [4.69, 9.17) is 0 Å². The Morgan fingerprint density at radius 3 is 0.645 bits per heavy atom. The first-order valence-electron chi connectivity index (χ1n) is 6.99. The van der Waals surface area contributed by atoms with Gasteiger partial charge in [0.25, 0.3) is 0 Å². The van der Waals surface area contributed by atoms with Crippen LogP contribution in [0.15, 0.2) is 0 Å². The monoisotopic (exact) mass is 993 g/mol. The molecule has 188 valence electrons. The molecule has 31 heavy (non-hydrogen) atoms. The van der Waals surface area contributed by atoms with Crippen LogP contribution in [-0.2, 0) is 0 Å². The third-order valence-corrected chi connectivity index (χ3v) is 208. The molecule has 0 amide bonds. The highest BCUT2D eigenvalue weighted by molar-refractivity contribution is 9.44. The van der Waals surface area contributed by atoms with Crippen LogP contribution >= 0.6 is 249 Å². The first-order chi connectivity index (χ1) is 14.1. The first-order valence-corrected chi connectivity index (χ1v) is 62.9. The lowest BCUT2D eigenvalue weighted by molar-refractivity contribution is 4.42. The Kier molecular flexibility index (Phi) is 35.0. The molecule has 0 saturated carbocycles. The van der Waals surface area contributed by atoms with Gasteiger partial charge in [0.2, 0.25) is 0 Å². The second-order valence-corrected chi connectivity index (χ2v) is 128. The van der Waals surface area contributed by atoms with E-state index in [2.05, 4.69) is 143 Å². The smallest absolute Gasteiger partial charge is 0.000322 e. The Morgan fingerprint density at radius 1 is 0.290 bits per heavy atom. The second kappa shape index (κ2) is 24.5. The van der Waals surface area contributed by atoms with Crippen LogP contribution in [0, 0.1) is 0 Å². The van der Waals surface area contributed by atoms with Gasteiger partial charge >= 0.3 is 0 Å². The van der Waals surface area contributed by atoms with Crippen LogP contribution in [0.3, 0.4) is 0 Å². The van der Waals surface area contributed by atoms with Crippen LogP contribution in [-0.4, -0.2) is 0 Å². The van der Waals surface area contributed by atoms with Gasteiger partial charge in [-0.1, -0.05) is 7.96 Å². The first kappa shape index (κ1) is 44.3. The number of hydrogen-bond donors (Lipinski definition) is 0. The Morgan fingerprint density at radius 2 is 0.484 bits per heavy atom. The summed E-state index contributed by atoms with van der Waals surface area (Å²) in [5.41, 5.74) is 0. The lowest BCUT2D eigenvalue weighted by atomic mass is 28.5. The Hall–Kier alpha value is 13.3. The van der Waals surface area contributed by atoms with Gasteiger partial charge in [0.05, 0.1) is 0 Å². The molecule has 0 aromatic heterocycles. The van der Waals surface area contributed by atoms with Gasteiger partial charge in [0.15, 0.2) is 0 Å². The maximum absolute atomic E-state index is 3.39. The molecule has 0 radical (unpaired) electrons. The molecule has 0 aliphatic carbocycles. The highest BCUT2D eigenvalue weighted by atomic mass is 33.5. The van der Waals surface area contributed by atoms with Gasteiger partial charge in [0.1, 0.15) is 0 Å². The van der Waals surface area contributed by atoms with Gasteiger partial charge < -0.3 is 0 Å². The van der Waals surface area contributed by atoms with E-state index in [1.54, 1.807) is 0 Å². The van der Waals surface area contributed by atoms with Gasteiger partial charge in [-0.15, -0.1) is 143 Å². The zero-order chi connectivity index (χ0) is 24.8.